The number of rotatable bonds is 5. The quantitative estimate of drug-likeness (QED) is 0.733. The molecule has 3 aromatic rings. The van der Waals surface area contributed by atoms with E-state index >= 15 is 0 Å². The van der Waals surface area contributed by atoms with E-state index in [0.717, 1.165) is 47.6 Å². The second-order valence-electron chi connectivity index (χ2n) is 4.90. The number of hydrogen-bond donors (Lipinski definition) is 1. The van der Waals surface area contributed by atoms with Gasteiger partial charge in [0.2, 0.25) is 0 Å². The van der Waals surface area contributed by atoms with E-state index in [1.807, 2.05) is 28.8 Å². The maximum atomic E-state index is 5.45. The highest BCUT2D eigenvalue weighted by atomic mass is 32.1. The van der Waals surface area contributed by atoms with E-state index in [1.54, 1.807) is 6.20 Å². The molecule has 7 heteroatoms. The highest BCUT2D eigenvalue weighted by molar-refractivity contribution is 7.71. The first-order chi connectivity index (χ1) is 9.70. The van der Waals surface area contributed by atoms with E-state index in [-0.39, 0.29) is 0 Å². The maximum Gasteiger partial charge on any atom is 0.179 e. The lowest BCUT2D eigenvalue weighted by molar-refractivity contribution is 0.571. The highest BCUT2D eigenvalue weighted by Crippen LogP contribution is 2.19. The van der Waals surface area contributed by atoms with E-state index in [9.17, 15) is 0 Å². The summed E-state index contributed by atoms with van der Waals surface area (Å²) >= 11 is 5.45. The summed E-state index contributed by atoms with van der Waals surface area (Å²) < 4.78 is 6.83. The number of nitrogens with one attached hydrogen (secondary N) is 1. The number of aromatic nitrogens is 6. The van der Waals surface area contributed by atoms with Crippen LogP contribution >= 0.6 is 12.2 Å². The van der Waals surface area contributed by atoms with Crippen LogP contribution in [0, 0.1) is 4.77 Å². The second kappa shape index (κ2) is 5.24. The Bertz CT molecular complexity index is 761. The van der Waals surface area contributed by atoms with Crippen molar-refractivity contribution in [2.24, 2.45) is 7.05 Å². The third kappa shape index (κ3) is 2.18. The lowest BCUT2D eigenvalue weighted by atomic mass is 10.2. The lowest BCUT2D eigenvalue weighted by Crippen LogP contribution is -2.08. The molecule has 20 heavy (non-hydrogen) atoms. The summed E-state index contributed by atoms with van der Waals surface area (Å²) in [7, 11) is 1.97. The standard InChI is InChI=1S/C13H18N6S/c1-3-4-10-11-12(17(2)16-10)19(13(20)15-11)8-7-18-6-5-14-9-18/h5-6,9H,3-4,7-8H2,1-2H3,(H,15,20). The first-order valence-electron chi connectivity index (χ1n) is 6.81. The molecule has 0 atom stereocenters. The van der Waals surface area contributed by atoms with Crippen LogP contribution in [0.15, 0.2) is 18.7 Å². The van der Waals surface area contributed by atoms with Gasteiger partial charge >= 0.3 is 0 Å². The van der Waals surface area contributed by atoms with Gasteiger partial charge in [0.25, 0.3) is 0 Å². The smallest absolute Gasteiger partial charge is 0.179 e. The van der Waals surface area contributed by atoms with Crippen molar-refractivity contribution in [2.75, 3.05) is 0 Å². The summed E-state index contributed by atoms with van der Waals surface area (Å²) in [6, 6.07) is 0. The number of H-pyrrole nitrogens is 1. The predicted molar refractivity (Wildman–Crippen MR) is 80.1 cm³/mol. The third-order valence-electron chi connectivity index (χ3n) is 3.45. The molecule has 0 spiro atoms. The van der Waals surface area contributed by atoms with E-state index < -0.39 is 0 Å². The van der Waals surface area contributed by atoms with E-state index in [4.69, 9.17) is 12.2 Å². The van der Waals surface area contributed by atoms with Gasteiger partial charge in [0.05, 0.1) is 12.0 Å². The van der Waals surface area contributed by atoms with Gasteiger partial charge in [-0.3, -0.25) is 9.25 Å². The number of aromatic amines is 1. The second-order valence-corrected chi connectivity index (χ2v) is 5.29. The number of aryl methyl sites for hydroxylation is 4. The van der Waals surface area contributed by atoms with Crippen LogP contribution in [-0.2, 0) is 26.6 Å². The summed E-state index contributed by atoms with van der Waals surface area (Å²) in [4.78, 5) is 7.36. The Morgan fingerprint density at radius 3 is 2.90 bits per heavy atom. The molecule has 6 nitrogen and oxygen atoms in total. The van der Waals surface area contributed by atoms with Gasteiger partial charge in [-0.25, -0.2) is 4.98 Å². The molecule has 3 rings (SSSR count). The molecule has 0 aliphatic heterocycles. The maximum absolute atomic E-state index is 5.45. The number of hydrogen-bond acceptors (Lipinski definition) is 3. The average Bonchev–Trinajstić information content (AvgIpc) is 3.08. The molecule has 0 aliphatic rings. The summed E-state index contributed by atoms with van der Waals surface area (Å²) in [6.45, 7) is 3.81. The Morgan fingerprint density at radius 2 is 2.20 bits per heavy atom. The highest BCUT2D eigenvalue weighted by Gasteiger charge is 2.14. The van der Waals surface area contributed by atoms with Crippen molar-refractivity contribution >= 4 is 23.4 Å². The summed E-state index contributed by atoms with van der Waals surface area (Å²) in [5.41, 5.74) is 3.24. The molecule has 0 radical (unpaired) electrons. The molecule has 0 bridgehead atoms. The van der Waals surface area contributed by atoms with Crippen LogP contribution in [0.2, 0.25) is 0 Å². The van der Waals surface area contributed by atoms with Crippen LogP contribution in [0.1, 0.15) is 19.0 Å². The van der Waals surface area contributed by atoms with Crippen molar-refractivity contribution in [3.05, 3.63) is 29.2 Å². The zero-order valence-electron chi connectivity index (χ0n) is 11.7. The molecule has 0 fully saturated rings. The van der Waals surface area contributed by atoms with Gasteiger partial charge in [-0.1, -0.05) is 13.3 Å². The minimum Gasteiger partial charge on any atom is -0.336 e. The van der Waals surface area contributed by atoms with E-state index in [2.05, 4.69) is 26.6 Å². The molecule has 0 aromatic carbocycles. The minimum atomic E-state index is 0.755. The van der Waals surface area contributed by atoms with Gasteiger partial charge in [-0.05, 0) is 18.6 Å². The van der Waals surface area contributed by atoms with Crippen LogP contribution in [0.5, 0.6) is 0 Å². The van der Waals surface area contributed by atoms with Crippen molar-refractivity contribution in [1.82, 2.24) is 28.9 Å². The molecule has 3 heterocycles. The molecular formula is C13H18N6S. The van der Waals surface area contributed by atoms with Crippen molar-refractivity contribution < 1.29 is 0 Å². The lowest BCUT2D eigenvalue weighted by Gasteiger charge is -2.05. The third-order valence-corrected chi connectivity index (χ3v) is 3.77. The first kappa shape index (κ1) is 13.1. The van der Waals surface area contributed by atoms with Crippen molar-refractivity contribution in [1.29, 1.82) is 0 Å². The molecule has 0 aliphatic carbocycles. The molecular weight excluding hydrogens is 272 g/mol. The summed E-state index contributed by atoms with van der Waals surface area (Å²) in [6.07, 6.45) is 7.61. The summed E-state index contributed by atoms with van der Waals surface area (Å²) in [5.74, 6) is 0. The van der Waals surface area contributed by atoms with Crippen LogP contribution < -0.4 is 0 Å². The molecule has 0 unspecified atom stereocenters. The Balaban J connectivity index is 1.98. The molecule has 0 saturated carbocycles. The van der Waals surface area contributed by atoms with Crippen LogP contribution in [-0.4, -0.2) is 28.9 Å². The van der Waals surface area contributed by atoms with Gasteiger partial charge < -0.3 is 9.55 Å². The van der Waals surface area contributed by atoms with E-state index in [0.29, 0.717) is 0 Å². The van der Waals surface area contributed by atoms with Gasteiger partial charge in [0, 0.05) is 32.5 Å². The minimum absolute atomic E-state index is 0.755. The Morgan fingerprint density at radius 1 is 1.35 bits per heavy atom. The molecule has 106 valence electrons. The van der Waals surface area contributed by atoms with Gasteiger partial charge in [-0.2, -0.15) is 5.10 Å². The number of nitrogens with zero attached hydrogens (tertiary/aromatic N) is 5. The molecule has 3 aromatic heterocycles. The fourth-order valence-electron chi connectivity index (χ4n) is 2.53. The Kier molecular flexibility index (Phi) is 3.43. The average molecular weight is 290 g/mol. The fourth-order valence-corrected chi connectivity index (χ4v) is 2.81. The van der Waals surface area contributed by atoms with Gasteiger partial charge in [0.1, 0.15) is 5.52 Å². The summed E-state index contributed by atoms with van der Waals surface area (Å²) in [5, 5.41) is 4.59. The van der Waals surface area contributed by atoms with Crippen molar-refractivity contribution in [3.8, 4) is 0 Å². The van der Waals surface area contributed by atoms with E-state index in [1.165, 1.54) is 0 Å². The normalized spacial score (nSPS) is 11.5. The zero-order chi connectivity index (χ0) is 14.1. The predicted octanol–water partition coefficient (Wildman–Crippen LogP) is 2.28. The largest absolute Gasteiger partial charge is 0.336 e. The molecule has 0 saturated heterocycles. The van der Waals surface area contributed by atoms with Crippen LogP contribution in [0.4, 0.5) is 0 Å². The number of imidazole rings is 2. The Labute approximate surface area is 122 Å². The van der Waals surface area contributed by atoms with Gasteiger partial charge in [-0.15, -0.1) is 0 Å². The van der Waals surface area contributed by atoms with Crippen molar-refractivity contribution in [2.45, 2.75) is 32.9 Å². The zero-order valence-corrected chi connectivity index (χ0v) is 12.5. The Hall–Kier alpha value is -1.89. The SMILES string of the molecule is CCCc1nn(C)c2c1[nH]c(=S)n2CCn1ccnc1. The van der Waals surface area contributed by atoms with Crippen molar-refractivity contribution in [3.63, 3.8) is 0 Å². The monoisotopic (exact) mass is 290 g/mol. The first-order valence-corrected chi connectivity index (χ1v) is 7.21. The van der Waals surface area contributed by atoms with Crippen LogP contribution in [0.3, 0.4) is 0 Å². The fraction of sp³-hybridized carbons (Fsp3) is 0.462. The topological polar surface area (TPSA) is 56.4 Å². The van der Waals surface area contributed by atoms with Gasteiger partial charge in [0.15, 0.2) is 10.4 Å². The molecule has 0 amide bonds. The molecule has 1 N–H and O–H groups in total. The van der Waals surface area contributed by atoms with Crippen LogP contribution in [0.25, 0.3) is 11.2 Å². The number of fused-ring (bicyclic) bond motifs is 1.